The Bertz CT molecular complexity index is 504. The second-order valence-electron chi connectivity index (χ2n) is 5.32. The van der Waals surface area contributed by atoms with E-state index < -0.39 is 23.9 Å². The van der Waals surface area contributed by atoms with E-state index in [1.807, 2.05) is 0 Å². The lowest BCUT2D eigenvalue weighted by molar-refractivity contribution is -0.197. The number of rotatable bonds is 3. The van der Waals surface area contributed by atoms with Crippen LogP contribution in [0.3, 0.4) is 0 Å². The molecule has 2 unspecified atom stereocenters. The van der Waals surface area contributed by atoms with Crippen molar-refractivity contribution in [2.75, 3.05) is 5.32 Å². The van der Waals surface area contributed by atoms with Crippen LogP contribution in [0.1, 0.15) is 31.2 Å². The fraction of sp³-hybridized carbons (Fsp3) is 0.533. The fourth-order valence-corrected chi connectivity index (χ4v) is 3.05. The summed E-state index contributed by atoms with van der Waals surface area (Å²) >= 11 is 5.77. The van der Waals surface area contributed by atoms with Crippen molar-refractivity contribution in [3.63, 3.8) is 0 Å². The number of hydrogen-bond donors (Lipinski definition) is 1. The van der Waals surface area contributed by atoms with Crippen LogP contribution in [-0.2, 0) is 10.7 Å². The van der Waals surface area contributed by atoms with Crippen molar-refractivity contribution in [3.8, 4) is 0 Å². The van der Waals surface area contributed by atoms with E-state index in [4.69, 9.17) is 11.6 Å². The first-order chi connectivity index (χ1) is 9.93. The Morgan fingerprint density at radius 1 is 1.24 bits per heavy atom. The van der Waals surface area contributed by atoms with Crippen LogP contribution in [0.15, 0.2) is 24.3 Å². The minimum atomic E-state index is -4.32. The molecule has 1 aliphatic carbocycles. The number of para-hydroxylation sites is 1. The van der Waals surface area contributed by atoms with Crippen molar-refractivity contribution in [1.82, 2.24) is 0 Å². The van der Waals surface area contributed by atoms with Gasteiger partial charge in [0, 0.05) is 17.5 Å². The molecule has 2 nitrogen and oxygen atoms in total. The first kappa shape index (κ1) is 16.1. The Kier molecular flexibility index (Phi) is 5.14. The third-order valence-corrected chi connectivity index (χ3v) is 4.23. The van der Waals surface area contributed by atoms with Crippen molar-refractivity contribution >= 4 is 23.2 Å². The predicted octanol–water partition coefficient (Wildman–Crippen LogP) is 4.73. The molecule has 0 saturated heterocycles. The topological polar surface area (TPSA) is 29.1 Å². The second kappa shape index (κ2) is 6.69. The Hall–Kier alpha value is -1.23. The van der Waals surface area contributed by atoms with Crippen LogP contribution in [0.25, 0.3) is 0 Å². The zero-order valence-corrected chi connectivity index (χ0v) is 12.2. The van der Waals surface area contributed by atoms with Gasteiger partial charge in [0.15, 0.2) is 0 Å². The molecule has 1 fully saturated rings. The maximum Gasteiger partial charge on any atom is 0.392 e. The number of benzene rings is 1. The van der Waals surface area contributed by atoms with Crippen LogP contribution in [0, 0.1) is 11.8 Å². The van der Waals surface area contributed by atoms with Gasteiger partial charge in [-0.1, -0.05) is 31.0 Å². The van der Waals surface area contributed by atoms with Gasteiger partial charge in [-0.3, -0.25) is 4.79 Å². The predicted molar refractivity (Wildman–Crippen MR) is 76.1 cm³/mol. The van der Waals surface area contributed by atoms with E-state index >= 15 is 0 Å². The molecular weight excluding hydrogens is 303 g/mol. The second-order valence-corrected chi connectivity index (χ2v) is 5.59. The quantitative estimate of drug-likeness (QED) is 0.802. The van der Waals surface area contributed by atoms with Gasteiger partial charge >= 0.3 is 6.18 Å². The maximum atomic E-state index is 13.0. The van der Waals surface area contributed by atoms with Gasteiger partial charge in [-0.15, -0.1) is 11.6 Å². The highest BCUT2D eigenvalue weighted by Gasteiger charge is 2.48. The van der Waals surface area contributed by atoms with E-state index in [1.165, 1.54) is 0 Å². The molecule has 0 heterocycles. The molecule has 1 N–H and O–H groups in total. The van der Waals surface area contributed by atoms with E-state index in [0.29, 0.717) is 24.1 Å². The lowest BCUT2D eigenvalue weighted by atomic mass is 9.78. The highest BCUT2D eigenvalue weighted by Crippen LogP contribution is 2.42. The maximum absolute atomic E-state index is 13.0. The van der Waals surface area contributed by atoms with Crippen molar-refractivity contribution < 1.29 is 18.0 Å². The summed E-state index contributed by atoms with van der Waals surface area (Å²) in [5.74, 6) is -2.92. The van der Waals surface area contributed by atoms with Gasteiger partial charge in [0.2, 0.25) is 5.91 Å². The van der Waals surface area contributed by atoms with Crippen LogP contribution < -0.4 is 5.32 Å². The molecular formula is C15H17ClF3NO. The van der Waals surface area contributed by atoms with Gasteiger partial charge in [-0.05, 0) is 24.5 Å². The summed E-state index contributed by atoms with van der Waals surface area (Å²) < 4.78 is 39.1. The average Bonchev–Trinajstić information content (AvgIpc) is 2.47. The summed E-state index contributed by atoms with van der Waals surface area (Å²) in [5.41, 5.74) is 1.19. The standard InChI is InChI=1S/C15H17ClF3NO/c16-9-10-5-1-4-8-13(10)20-14(21)11-6-2-3-7-12(11)15(17,18)19/h1,4-5,8,11-12H,2-3,6-7,9H2,(H,20,21). The fourth-order valence-electron chi connectivity index (χ4n) is 2.82. The minimum Gasteiger partial charge on any atom is -0.326 e. The molecule has 0 aliphatic heterocycles. The smallest absolute Gasteiger partial charge is 0.326 e. The van der Waals surface area contributed by atoms with E-state index in [1.54, 1.807) is 24.3 Å². The lowest BCUT2D eigenvalue weighted by Gasteiger charge is -2.32. The molecule has 1 aromatic carbocycles. The molecule has 0 bridgehead atoms. The van der Waals surface area contributed by atoms with Gasteiger partial charge < -0.3 is 5.32 Å². The SMILES string of the molecule is O=C(Nc1ccccc1CCl)C1CCCCC1C(F)(F)F. The lowest BCUT2D eigenvalue weighted by Crippen LogP contribution is -2.39. The van der Waals surface area contributed by atoms with Crippen LogP contribution in [0.2, 0.25) is 0 Å². The molecule has 0 spiro atoms. The Labute approximate surface area is 126 Å². The zero-order valence-electron chi connectivity index (χ0n) is 11.4. The summed E-state index contributed by atoms with van der Waals surface area (Å²) in [6, 6.07) is 6.88. The summed E-state index contributed by atoms with van der Waals surface area (Å²) in [4.78, 5) is 12.2. The first-order valence-electron chi connectivity index (χ1n) is 6.95. The highest BCUT2D eigenvalue weighted by molar-refractivity contribution is 6.17. The van der Waals surface area contributed by atoms with Gasteiger partial charge in [-0.2, -0.15) is 13.2 Å². The molecule has 1 saturated carbocycles. The van der Waals surface area contributed by atoms with E-state index in [2.05, 4.69) is 5.32 Å². The summed E-state index contributed by atoms with van der Waals surface area (Å²) in [5, 5.41) is 2.61. The van der Waals surface area contributed by atoms with Gasteiger partial charge in [0.1, 0.15) is 0 Å². The van der Waals surface area contributed by atoms with E-state index in [9.17, 15) is 18.0 Å². The van der Waals surface area contributed by atoms with Crippen LogP contribution in [0.4, 0.5) is 18.9 Å². The van der Waals surface area contributed by atoms with Gasteiger partial charge in [0.05, 0.1) is 5.92 Å². The summed E-state index contributed by atoms with van der Waals surface area (Å²) in [6.45, 7) is 0. The van der Waals surface area contributed by atoms with Crippen LogP contribution >= 0.6 is 11.6 Å². The Morgan fingerprint density at radius 2 is 1.90 bits per heavy atom. The van der Waals surface area contributed by atoms with Gasteiger partial charge in [-0.25, -0.2) is 0 Å². The third-order valence-electron chi connectivity index (χ3n) is 3.94. The third kappa shape index (κ3) is 3.90. The number of amides is 1. The molecule has 6 heteroatoms. The minimum absolute atomic E-state index is 0.0265. The molecule has 1 aliphatic rings. The number of halogens is 4. The molecule has 1 amide bonds. The number of carbonyl (C=O) groups is 1. The normalized spacial score (nSPS) is 22.9. The summed E-state index contributed by atoms with van der Waals surface area (Å²) in [7, 11) is 0. The number of hydrogen-bond acceptors (Lipinski definition) is 1. The highest BCUT2D eigenvalue weighted by atomic mass is 35.5. The molecule has 116 valence electrons. The Morgan fingerprint density at radius 3 is 2.57 bits per heavy atom. The zero-order chi connectivity index (χ0) is 15.5. The number of alkyl halides is 4. The first-order valence-corrected chi connectivity index (χ1v) is 7.48. The molecule has 2 rings (SSSR count). The average molecular weight is 320 g/mol. The molecule has 0 aromatic heterocycles. The molecule has 1 aromatic rings. The van der Waals surface area contributed by atoms with Crippen LogP contribution in [0.5, 0.6) is 0 Å². The number of anilines is 1. The molecule has 0 radical (unpaired) electrons. The monoisotopic (exact) mass is 319 g/mol. The number of carbonyl (C=O) groups excluding carboxylic acids is 1. The van der Waals surface area contributed by atoms with E-state index in [0.717, 1.165) is 0 Å². The van der Waals surface area contributed by atoms with Crippen LogP contribution in [-0.4, -0.2) is 12.1 Å². The summed E-state index contributed by atoms with van der Waals surface area (Å²) in [6.07, 6.45) is -2.85. The van der Waals surface area contributed by atoms with Crippen molar-refractivity contribution in [1.29, 1.82) is 0 Å². The van der Waals surface area contributed by atoms with Crippen molar-refractivity contribution in [3.05, 3.63) is 29.8 Å². The Balaban J connectivity index is 2.14. The molecule has 2 atom stereocenters. The van der Waals surface area contributed by atoms with Crippen molar-refractivity contribution in [2.45, 2.75) is 37.7 Å². The van der Waals surface area contributed by atoms with Crippen molar-refractivity contribution in [2.24, 2.45) is 11.8 Å². The van der Waals surface area contributed by atoms with Gasteiger partial charge in [0.25, 0.3) is 0 Å². The largest absolute Gasteiger partial charge is 0.392 e. The molecule has 21 heavy (non-hydrogen) atoms. The van der Waals surface area contributed by atoms with E-state index in [-0.39, 0.29) is 18.7 Å². The number of nitrogens with one attached hydrogen (secondary N) is 1.